The Morgan fingerprint density at radius 2 is 1.64 bits per heavy atom. The number of benzene rings is 3. The Bertz CT molecular complexity index is 937. The molecule has 0 aromatic heterocycles. The van der Waals surface area contributed by atoms with Crippen LogP contribution in [0.25, 0.3) is 0 Å². The minimum atomic E-state index is -0.355. The highest BCUT2D eigenvalue weighted by molar-refractivity contribution is 6.04. The first-order valence-corrected chi connectivity index (χ1v) is 9.07. The van der Waals surface area contributed by atoms with Crippen molar-refractivity contribution in [3.05, 3.63) is 89.2 Å². The van der Waals surface area contributed by atoms with E-state index in [1.165, 1.54) is 29.8 Å². The number of carbonyl (C=O) groups is 1. The van der Waals surface area contributed by atoms with Crippen LogP contribution in [0.3, 0.4) is 0 Å². The van der Waals surface area contributed by atoms with Crippen molar-refractivity contribution in [3.8, 4) is 11.5 Å². The molecule has 1 amide bonds. The summed E-state index contributed by atoms with van der Waals surface area (Å²) in [6.45, 7) is 4.76. The van der Waals surface area contributed by atoms with Crippen LogP contribution in [0.1, 0.15) is 28.4 Å². The molecule has 0 spiro atoms. The van der Waals surface area contributed by atoms with E-state index in [4.69, 9.17) is 9.47 Å². The summed E-state index contributed by atoms with van der Waals surface area (Å²) in [6.07, 6.45) is 0. The molecule has 0 atom stereocenters. The lowest BCUT2D eigenvalue weighted by Gasteiger charge is -2.14. The minimum absolute atomic E-state index is 0.308. The van der Waals surface area contributed by atoms with Crippen molar-refractivity contribution in [1.82, 2.24) is 0 Å². The van der Waals surface area contributed by atoms with Crippen molar-refractivity contribution < 1.29 is 18.7 Å². The van der Waals surface area contributed by atoms with Crippen LogP contribution in [-0.4, -0.2) is 12.5 Å². The predicted octanol–water partition coefficient (Wildman–Crippen LogP) is 5.36. The molecule has 3 aromatic rings. The highest BCUT2D eigenvalue weighted by Gasteiger charge is 2.12. The summed E-state index contributed by atoms with van der Waals surface area (Å²) in [5.74, 6) is 0.409. The number of aryl methyl sites for hydroxylation is 1. The molecule has 0 unspecified atom stereocenters. The molecule has 0 fully saturated rings. The second-order valence-electron chi connectivity index (χ2n) is 6.33. The van der Waals surface area contributed by atoms with Gasteiger partial charge in [-0.2, -0.15) is 0 Å². The van der Waals surface area contributed by atoms with E-state index < -0.39 is 0 Å². The van der Waals surface area contributed by atoms with E-state index in [1.807, 2.05) is 38.1 Å². The van der Waals surface area contributed by atoms with Gasteiger partial charge in [-0.3, -0.25) is 4.79 Å². The third kappa shape index (κ3) is 5.10. The zero-order valence-corrected chi connectivity index (χ0v) is 15.9. The average molecular weight is 379 g/mol. The summed E-state index contributed by atoms with van der Waals surface area (Å²) < 4.78 is 24.5. The molecule has 0 heterocycles. The molecule has 1 N–H and O–H groups in total. The third-order valence-electron chi connectivity index (χ3n) is 4.12. The number of hydrogen-bond acceptors (Lipinski definition) is 3. The van der Waals surface area contributed by atoms with E-state index in [1.54, 1.807) is 18.2 Å². The largest absolute Gasteiger partial charge is 0.490 e. The second kappa shape index (κ2) is 9.04. The zero-order valence-electron chi connectivity index (χ0n) is 15.9. The van der Waals surface area contributed by atoms with Gasteiger partial charge < -0.3 is 14.8 Å². The first-order valence-electron chi connectivity index (χ1n) is 9.07. The summed E-state index contributed by atoms with van der Waals surface area (Å²) in [4.78, 5) is 12.5. The fourth-order valence-electron chi connectivity index (χ4n) is 2.62. The predicted molar refractivity (Wildman–Crippen MR) is 107 cm³/mol. The normalized spacial score (nSPS) is 10.4. The highest BCUT2D eigenvalue weighted by atomic mass is 19.1. The first-order chi connectivity index (χ1) is 13.5. The summed E-state index contributed by atoms with van der Waals surface area (Å²) in [6, 6.07) is 18.7. The Balaban J connectivity index is 1.73. The van der Waals surface area contributed by atoms with E-state index in [2.05, 4.69) is 5.32 Å². The van der Waals surface area contributed by atoms with Gasteiger partial charge in [0.2, 0.25) is 0 Å². The monoisotopic (exact) mass is 379 g/mol. The van der Waals surface area contributed by atoms with Gasteiger partial charge >= 0.3 is 0 Å². The molecular formula is C23H22FNO3. The van der Waals surface area contributed by atoms with Crippen molar-refractivity contribution in [2.24, 2.45) is 0 Å². The van der Waals surface area contributed by atoms with Gasteiger partial charge in [-0.15, -0.1) is 0 Å². The van der Waals surface area contributed by atoms with Gasteiger partial charge in [0.1, 0.15) is 12.4 Å². The van der Waals surface area contributed by atoms with Gasteiger partial charge in [-0.25, -0.2) is 4.39 Å². The van der Waals surface area contributed by atoms with Crippen LogP contribution in [0.5, 0.6) is 11.5 Å². The number of nitrogens with one attached hydrogen (secondary N) is 1. The molecule has 0 radical (unpaired) electrons. The Morgan fingerprint density at radius 3 is 2.32 bits per heavy atom. The van der Waals surface area contributed by atoms with E-state index in [0.717, 1.165) is 5.56 Å². The molecule has 3 aromatic carbocycles. The van der Waals surface area contributed by atoms with Crippen molar-refractivity contribution in [1.29, 1.82) is 0 Å². The molecule has 0 bridgehead atoms. The molecule has 0 aliphatic rings. The lowest BCUT2D eigenvalue weighted by Crippen LogP contribution is -2.12. The van der Waals surface area contributed by atoms with E-state index in [9.17, 15) is 9.18 Å². The maximum absolute atomic E-state index is 13.0. The quantitative estimate of drug-likeness (QED) is 0.601. The number of ether oxygens (including phenoxy) is 2. The molecule has 28 heavy (non-hydrogen) atoms. The highest BCUT2D eigenvalue weighted by Crippen LogP contribution is 2.29. The van der Waals surface area contributed by atoms with E-state index in [0.29, 0.717) is 36.0 Å². The summed E-state index contributed by atoms with van der Waals surface area (Å²) in [7, 11) is 0. The van der Waals surface area contributed by atoms with Crippen LogP contribution in [0.4, 0.5) is 10.1 Å². The maximum Gasteiger partial charge on any atom is 0.255 e. The van der Waals surface area contributed by atoms with Gasteiger partial charge in [-0.05, 0) is 61.9 Å². The number of amides is 1. The molecule has 0 aliphatic heterocycles. The van der Waals surface area contributed by atoms with Crippen LogP contribution in [0, 0.1) is 12.7 Å². The molecule has 144 valence electrons. The Labute approximate surface area is 163 Å². The van der Waals surface area contributed by atoms with Crippen molar-refractivity contribution in [3.63, 3.8) is 0 Å². The fourth-order valence-corrected chi connectivity index (χ4v) is 2.62. The van der Waals surface area contributed by atoms with E-state index >= 15 is 0 Å². The number of hydrogen-bond donors (Lipinski definition) is 1. The number of anilines is 1. The molecule has 4 nitrogen and oxygen atoms in total. The zero-order chi connectivity index (χ0) is 19.9. The van der Waals surface area contributed by atoms with Gasteiger partial charge in [0, 0.05) is 11.3 Å². The lowest BCUT2D eigenvalue weighted by atomic mass is 10.1. The Morgan fingerprint density at radius 1 is 0.929 bits per heavy atom. The van der Waals surface area contributed by atoms with Crippen LogP contribution in [0.2, 0.25) is 0 Å². The lowest BCUT2D eigenvalue weighted by molar-refractivity contribution is 0.102. The van der Waals surface area contributed by atoms with Crippen LogP contribution in [-0.2, 0) is 6.61 Å². The van der Waals surface area contributed by atoms with Crippen molar-refractivity contribution in [2.75, 3.05) is 11.9 Å². The molecule has 0 saturated heterocycles. The van der Waals surface area contributed by atoms with E-state index in [-0.39, 0.29) is 11.7 Å². The van der Waals surface area contributed by atoms with Gasteiger partial charge in [0.05, 0.1) is 6.61 Å². The summed E-state index contributed by atoms with van der Waals surface area (Å²) in [5.41, 5.74) is 3.18. The van der Waals surface area contributed by atoms with Crippen molar-refractivity contribution in [2.45, 2.75) is 20.5 Å². The van der Waals surface area contributed by atoms with Gasteiger partial charge in [0.15, 0.2) is 11.5 Å². The minimum Gasteiger partial charge on any atom is -0.490 e. The van der Waals surface area contributed by atoms with Gasteiger partial charge in [0.25, 0.3) is 5.91 Å². The number of carbonyl (C=O) groups excluding carboxylic acids is 1. The molecule has 5 heteroatoms. The van der Waals surface area contributed by atoms with Crippen LogP contribution >= 0.6 is 0 Å². The molecule has 3 rings (SSSR count). The molecule has 0 saturated carbocycles. The topological polar surface area (TPSA) is 47.6 Å². The first kappa shape index (κ1) is 19.4. The van der Waals surface area contributed by atoms with Crippen LogP contribution < -0.4 is 14.8 Å². The van der Waals surface area contributed by atoms with Crippen LogP contribution in [0.15, 0.2) is 66.7 Å². The van der Waals surface area contributed by atoms with Crippen molar-refractivity contribution >= 4 is 11.6 Å². The number of rotatable bonds is 7. The third-order valence-corrected chi connectivity index (χ3v) is 4.12. The SMILES string of the molecule is CCOc1cc(C(=O)Nc2ccc(F)cc2)ccc1OCc1ccc(C)cc1. The Hall–Kier alpha value is -3.34. The summed E-state index contributed by atoms with van der Waals surface area (Å²) in [5, 5.41) is 2.74. The maximum atomic E-state index is 13.0. The Kier molecular flexibility index (Phi) is 6.27. The molecular weight excluding hydrogens is 357 g/mol. The summed E-state index contributed by atoms with van der Waals surface area (Å²) >= 11 is 0. The standard InChI is InChI=1S/C23H22FNO3/c1-3-27-22-14-18(23(26)25-20-11-9-19(24)10-12-20)8-13-21(22)28-15-17-6-4-16(2)5-7-17/h4-14H,3,15H2,1-2H3,(H,25,26). The average Bonchev–Trinajstić information content (AvgIpc) is 2.70. The number of halogens is 1. The fraction of sp³-hybridized carbons (Fsp3) is 0.174. The molecule has 0 aliphatic carbocycles. The van der Waals surface area contributed by atoms with Gasteiger partial charge in [-0.1, -0.05) is 29.8 Å². The smallest absolute Gasteiger partial charge is 0.255 e. The second-order valence-corrected chi connectivity index (χ2v) is 6.33.